The van der Waals surface area contributed by atoms with Gasteiger partial charge >= 0.3 is 17.8 Å². The number of amides is 1. The standard InChI is InChI=1S/C17H15BrF3N3O4/c1-27-12-6-3-10(4-7-12)14(25)24-16(15(26)28-2,17(19,20)21)23-13-8-5-11(18)9-22-13/h3-9H,1-2H3,(H,22,23)(H,24,25)/t16-/m0/s1. The lowest BCUT2D eigenvalue weighted by atomic mass is 10.1. The van der Waals surface area contributed by atoms with E-state index in [-0.39, 0.29) is 11.4 Å². The first-order chi connectivity index (χ1) is 13.1. The van der Waals surface area contributed by atoms with E-state index in [0.717, 1.165) is 7.11 Å². The number of nitrogens with one attached hydrogen (secondary N) is 2. The second-order valence-electron chi connectivity index (χ2n) is 5.41. The number of rotatable bonds is 6. The molecule has 0 radical (unpaired) electrons. The molecule has 1 heterocycles. The van der Waals surface area contributed by atoms with Crippen molar-refractivity contribution < 1.29 is 32.2 Å². The lowest BCUT2D eigenvalue weighted by Gasteiger charge is -2.34. The maximum atomic E-state index is 13.9. The Balaban J connectivity index is 2.44. The molecule has 1 atom stereocenters. The summed E-state index contributed by atoms with van der Waals surface area (Å²) in [5, 5.41) is 3.64. The SMILES string of the molecule is COC(=O)[C@@](NC(=O)c1ccc(OC)cc1)(Nc1ccc(Br)cn1)C(F)(F)F. The van der Waals surface area contributed by atoms with E-state index in [2.05, 4.69) is 25.7 Å². The van der Waals surface area contributed by atoms with E-state index >= 15 is 0 Å². The molecule has 0 spiro atoms. The third-order valence-electron chi connectivity index (χ3n) is 3.61. The number of carbonyl (C=O) groups excluding carboxylic acids is 2. The van der Waals surface area contributed by atoms with Gasteiger partial charge in [0.05, 0.1) is 14.2 Å². The van der Waals surface area contributed by atoms with Gasteiger partial charge in [-0.3, -0.25) is 4.79 Å². The van der Waals surface area contributed by atoms with Crippen molar-refractivity contribution in [2.75, 3.05) is 19.5 Å². The molecule has 0 saturated carbocycles. The fourth-order valence-corrected chi connectivity index (χ4v) is 2.41. The van der Waals surface area contributed by atoms with Gasteiger partial charge in [0.25, 0.3) is 5.91 Å². The van der Waals surface area contributed by atoms with E-state index in [1.165, 1.54) is 49.7 Å². The zero-order chi connectivity index (χ0) is 20.9. The number of methoxy groups -OCH3 is 2. The molecular weight excluding hydrogens is 447 g/mol. The number of alkyl halides is 3. The molecule has 1 amide bonds. The van der Waals surface area contributed by atoms with E-state index in [0.29, 0.717) is 10.2 Å². The van der Waals surface area contributed by atoms with Crippen LogP contribution in [0.3, 0.4) is 0 Å². The van der Waals surface area contributed by atoms with Gasteiger partial charge in [-0.2, -0.15) is 13.2 Å². The van der Waals surface area contributed by atoms with E-state index in [9.17, 15) is 22.8 Å². The Morgan fingerprint density at radius 1 is 1.07 bits per heavy atom. The molecule has 2 N–H and O–H groups in total. The van der Waals surface area contributed by atoms with E-state index in [4.69, 9.17) is 4.74 Å². The highest BCUT2D eigenvalue weighted by Gasteiger charge is 2.63. The van der Waals surface area contributed by atoms with Gasteiger partial charge in [0.1, 0.15) is 11.6 Å². The van der Waals surface area contributed by atoms with Crippen molar-refractivity contribution in [3.63, 3.8) is 0 Å². The molecule has 2 rings (SSSR count). The minimum atomic E-state index is -5.25. The van der Waals surface area contributed by atoms with Gasteiger partial charge in [0.15, 0.2) is 0 Å². The largest absolute Gasteiger partial charge is 0.497 e. The van der Waals surface area contributed by atoms with Crippen molar-refractivity contribution in [3.8, 4) is 5.75 Å². The molecule has 1 aromatic carbocycles. The van der Waals surface area contributed by atoms with Crippen LogP contribution in [-0.4, -0.2) is 42.9 Å². The Bertz CT molecular complexity index is 844. The molecule has 2 aromatic rings. The van der Waals surface area contributed by atoms with Crippen LogP contribution < -0.4 is 15.4 Å². The highest BCUT2D eigenvalue weighted by molar-refractivity contribution is 9.10. The van der Waals surface area contributed by atoms with Crippen LogP contribution in [0.2, 0.25) is 0 Å². The summed E-state index contributed by atoms with van der Waals surface area (Å²) >= 11 is 3.11. The van der Waals surface area contributed by atoms with Crippen LogP contribution in [0.1, 0.15) is 10.4 Å². The number of anilines is 1. The van der Waals surface area contributed by atoms with Crippen LogP contribution in [0.5, 0.6) is 5.75 Å². The fraction of sp³-hybridized carbons (Fsp3) is 0.235. The molecule has 7 nitrogen and oxygen atoms in total. The second-order valence-corrected chi connectivity index (χ2v) is 6.32. The quantitative estimate of drug-likeness (QED) is 0.507. The van der Waals surface area contributed by atoms with Crippen LogP contribution in [0, 0.1) is 0 Å². The van der Waals surface area contributed by atoms with Crippen molar-refractivity contribution in [1.82, 2.24) is 10.3 Å². The Kier molecular flexibility index (Phi) is 6.49. The zero-order valence-corrected chi connectivity index (χ0v) is 16.2. The Labute approximate surface area is 166 Å². The molecule has 0 aliphatic rings. The molecule has 28 heavy (non-hydrogen) atoms. The third kappa shape index (κ3) is 4.53. The summed E-state index contributed by atoms with van der Waals surface area (Å²) in [6, 6.07) is 7.92. The van der Waals surface area contributed by atoms with Crippen molar-refractivity contribution >= 4 is 33.6 Å². The van der Waals surface area contributed by atoms with Gasteiger partial charge < -0.3 is 20.1 Å². The molecule has 0 aliphatic heterocycles. The van der Waals surface area contributed by atoms with Crippen LogP contribution in [0.25, 0.3) is 0 Å². The van der Waals surface area contributed by atoms with Gasteiger partial charge in [-0.1, -0.05) is 0 Å². The van der Waals surface area contributed by atoms with Crippen LogP contribution in [-0.2, 0) is 9.53 Å². The zero-order valence-electron chi connectivity index (χ0n) is 14.6. The summed E-state index contributed by atoms with van der Waals surface area (Å²) in [6.07, 6.45) is -4.02. The lowest BCUT2D eigenvalue weighted by molar-refractivity contribution is -0.203. The number of aromatic nitrogens is 1. The summed E-state index contributed by atoms with van der Waals surface area (Å²) in [6.45, 7) is 0. The van der Waals surface area contributed by atoms with Crippen LogP contribution >= 0.6 is 15.9 Å². The number of esters is 1. The summed E-state index contributed by atoms with van der Waals surface area (Å²) in [5.41, 5.74) is -3.68. The van der Waals surface area contributed by atoms with E-state index in [1.807, 2.05) is 5.32 Å². The number of halogens is 4. The average Bonchev–Trinajstić information content (AvgIpc) is 2.67. The molecule has 11 heteroatoms. The number of carbonyl (C=O) groups is 2. The summed E-state index contributed by atoms with van der Waals surface area (Å²) in [4.78, 5) is 28.3. The number of benzene rings is 1. The molecule has 150 valence electrons. The van der Waals surface area contributed by atoms with Crippen molar-refractivity contribution in [1.29, 1.82) is 0 Å². The smallest absolute Gasteiger partial charge is 0.441 e. The number of hydrogen-bond donors (Lipinski definition) is 2. The first-order valence-corrected chi connectivity index (χ1v) is 8.43. The number of pyridine rings is 1. The monoisotopic (exact) mass is 461 g/mol. The molecular formula is C17H15BrF3N3O4. The molecule has 1 aromatic heterocycles. The first-order valence-electron chi connectivity index (χ1n) is 7.64. The predicted molar refractivity (Wildman–Crippen MR) is 96.8 cm³/mol. The minimum Gasteiger partial charge on any atom is -0.497 e. The van der Waals surface area contributed by atoms with Crippen molar-refractivity contribution in [2.24, 2.45) is 0 Å². The summed E-state index contributed by atoms with van der Waals surface area (Å²) in [7, 11) is 2.18. The van der Waals surface area contributed by atoms with Gasteiger partial charge in [-0.05, 0) is 52.3 Å². The van der Waals surface area contributed by atoms with Gasteiger partial charge in [-0.25, -0.2) is 9.78 Å². The van der Waals surface area contributed by atoms with Gasteiger partial charge in [0.2, 0.25) is 0 Å². The van der Waals surface area contributed by atoms with Crippen LogP contribution in [0.15, 0.2) is 47.1 Å². The molecule has 0 unspecified atom stereocenters. The minimum absolute atomic E-state index is 0.121. The number of ether oxygens (including phenoxy) is 2. The number of hydrogen-bond acceptors (Lipinski definition) is 6. The van der Waals surface area contributed by atoms with Crippen molar-refractivity contribution in [3.05, 3.63) is 52.6 Å². The number of nitrogens with zero attached hydrogens (tertiary/aromatic N) is 1. The Morgan fingerprint density at radius 3 is 2.18 bits per heavy atom. The highest BCUT2D eigenvalue weighted by atomic mass is 79.9. The van der Waals surface area contributed by atoms with Gasteiger partial charge in [-0.15, -0.1) is 0 Å². The second kappa shape index (κ2) is 8.46. The Morgan fingerprint density at radius 2 is 1.71 bits per heavy atom. The molecule has 0 aliphatic carbocycles. The van der Waals surface area contributed by atoms with Gasteiger partial charge in [0, 0.05) is 16.2 Å². The normalized spacial score (nSPS) is 13.2. The van der Waals surface area contributed by atoms with Crippen LogP contribution in [0.4, 0.5) is 19.0 Å². The summed E-state index contributed by atoms with van der Waals surface area (Å²) < 4.78 is 51.6. The Hall–Kier alpha value is -2.82. The molecule has 0 saturated heterocycles. The maximum absolute atomic E-state index is 13.9. The topological polar surface area (TPSA) is 89.5 Å². The lowest BCUT2D eigenvalue weighted by Crippen LogP contribution is -2.69. The highest BCUT2D eigenvalue weighted by Crippen LogP contribution is 2.33. The summed E-state index contributed by atoms with van der Waals surface area (Å²) in [5.74, 6) is -2.81. The van der Waals surface area contributed by atoms with E-state index < -0.39 is 23.7 Å². The first kappa shape index (κ1) is 21.5. The molecule has 0 fully saturated rings. The maximum Gasteiger partial charge on any atom is 0.441 e. The molecule has 0 bridgehead atoms. The predicted octanol–water partition coefficient (Wildman–Crippen LogP) is 3.13. The third-order valence-corrected chi connectivity index (χ3v) is 4.08. The fourth-order valence-electron chi connectivity index (χ4n) is 2.17. The average molecular weight is 462 g/mol. The van der Waals surface area contributed by atoms with E-state index in [1.54, 1.807) is 5.32 Å². The van der Waals surface area contributed by atoms with Crippen molar-refractivity contribution in [2.45, 2.75) is 11.8 Å².